The minimum Gasteiger partial charge on any atom is -0.348 e. The van der Waals surface area contributed by atoms with Crippen LogP contribution in [-0.4, -0.2) is 48.9 Å². The van der Waals surface area contributed by atoms with Crippen molar-refractivity contribution in [2.75, 3.05) is 26.8 Å². The van der Waals surface area contributed by atoms with Gasteiger partial charge in [0, 0.05) is 12.4 Å². The Morgan fingerprint density at radius 2 is 2.19 bits per heavy atom. The van der Waals surface area contributed by atoms with Crippen molar-refractivity contribution in [2.45, 2.75) is 32.6 Å². The smallest absolute Gasteiger partial charge is 0.273 e. The fourth-order valence-electron chi connectivity index (χ4n) is 2.18. The van der Waals surface area contributed by atoms with Gasteiger partial charge in [-0.3, -0.25) is 4.79 Å². The maximum Gasteiger partial charge on any atom is 0.273 e. The third kappa shape index (κ3) is 4.47. The van der Waals surface area contributed by atoms with Crippen molar-refractivity contribution in [3.05, 3.63) is 16.1 Å². The summed E-state index contributed by atoms with van der Waals surface area (Å²) in [4.78, 5) is 18.3. The Hall–Kier alpha value is -1.02. The Labute approximate surface area is 129 Å². The van der Waals surface area contributed by atoms with Crippen LogP contribution >= 0.6 is 11.3 Å². The normalized spacial score (nSPS) is 17.4. The lowest BCUT2D eigenvalue weighted by Crippen LogP contribution is -2.35. The quantitative estimate of drug-likeness (QED) is 0.864. The highest BCUT2D eigenvalue weighted by molar-refractivity contribution is 7.09. The number of nitrogens with two attached hydrogens (primary N) is 1. The maximum absolute atomic E-state index is 12.3. The predicted molar refractivity (Wildman–Crippen MR) is 81.1 cm³/mol. The topological polar surface area (TPSA) is 77.7 Å². The van der Waals surface area contributed by atoms with E-state index in [-0.39, 0.29) is 18.2 Å². The molecule has 2 heterocycles. The molecule has 1 aliphatic rings. The highest BCUT2D eigenvalue weighted by Crippen LogP contribution is 2.22. The molecule has 0 bridgehead atoms. The van der Waals surface area contributed by atoms with Gasteiger partial charge >= 0.3 is 0 Å². The summed E-state index contributed by atoms with van der Waals surface area (Å²) in [5.41, 5.74) is 6.54. The zero-order chi connectivity index (χ0) is 15.4. The van der Waals surface area contributed by atoms with Crippen molar-refractivity contribution in [1.82, 2.24) is 9.88 Å². The molecule has 1 unspecified atom stereocenters. The van der Waals surface area contributed by atoms with Crippen LogP contribution in [-0.2, 0) is 9.47 Å². The van der Waals surface area contributed by atoms with E-state index in [1.165, 1.54) is 11.3 Å². The number of carbonyl (C=O) groups excluding carboxylic acids is 1. The lowest BCUT2D eigenvalue weighted by atomic mass is 10.1. The van der Waals surface area contributed by atoms with Crippen molar-refractivity contribution in [1.29, 1.82) is 0 Å². The molecular formula is C14H23N3O3S. The lowest BCUT2D eigenvalue weighted by Gasteiger charge is -2.19. The van der Waals surface area contributed by atoms with Gasteiger partial charge in [0.25, 0.3) is 5.91 Å². The van der Waals surface area contributed by atoms with Crippen LogP contribution in [0.25, 0.3) is 0 Å². The first-order valence-corrected chi connectivity index (χ1v) is 8.05. The lowest BCUT2D eigenvalue weighted by molar-refractivity contribution is -0.0543. The predicted octanol–water partition coefficient (Wildman–Crippen LogP) is 1.63. The maximum atomic E-state index is 12.3. The highest BCUT2D eigenvalue weighted by Gasteiger charge is 2.23. The first kappa shape index (κ1) is 16.4. The van der Waals surface area contributed by atoms with Crippen molar-refractivity contribution in [2.24, 2.45) is 11.7 Å². The molecule has 0 radical (unpaired) electrons. The van der Waals surface area contributed by atoms with Gasteiger partial charge in [-0.15, -0.1) is 11.3 Å². The largest absolute Gasteiger partial charge is 0.348 e. The van der Waals surface area contributed by atoms with Gasteiger partial charge in [-0.25, -0.2) is 4.98 Å². The Morgan fingerprint density at radius 1 is 1.52 bits per heavy atom. The average molecular weight is 313 g/mol. The van der Waals surface area contributed by atoms with E-state index in [4.69, 9.17) is 15.2 Å². The summed E-state index contributed by atoms with van der Waals surface area (Å²) in [6.45, 7) is 5.81. The molecule has 1 aliphatic heterocycles. The second-order valence-corrected chi connectivity index (χ2v) is 6.55. The molecule has 0 saturated carbocycles. The van der Waals surface area contributed by atoms with Gasteiger partial charge in [-0.05, 0) is 12.3 Å². The molecular weight excluding hydrogens is 290 g/mol. The summed E-state index contributed by atoms with van der Waals surface area (Å²) < 4.78 is 10.7. The van der Waals surface area contributed by atoms with E-state index in [9.17, 15) is 4.79 Å². The van der Waals surface area contributed by atoms with E-state index >= 15 is 0 Å². The molecule has 0 spiro atoms. The molecule has 7 heteroatoms. The number of aromatic nitrogens is 1. The third-order valence-corrected chi connectivity index (χ3v) is 4.22. The molecule has 1 fully saturated rings. The van der Waals surface area contributed by atoms with Crippen molar-refractivity contribution >= 4 is 17.2 Å². The van der Waals surface area contributed by atoms with E-state index in [0.29, 0.717) is 31.4 Å². The summed E-state index contributed by atoms with van der Waals surface area (Å²) in [5.74, 6) is 0.371. The fraction of sp³-hybridized carbons (Fsp3) is 0.714. The number of amides is 1. The van der Waals surface area contributed by atoms with Crippen LogP contribution in [0.15, 0.2) is 5.38 Å². The van der Waals surface area contributed by atoms with Gasteiger partial charge in [0.15, 0.2) is 6.29 Å². The first-order chi connectivity index (χ1) is 9.97. The number of hydrogen-bond donors (Lipinski definition) is 1. The molecule has 2 rings (SSSR count). The van der Waals surface area contributed by atoms with Crippen LogP contribution in [0, 0.1) is 5.92 Å². The molecule has 0 aliphatic carbocycles. The monoisotopic (exact) mass is 313 g/mol. The van der Waals surface area contributed by atoms with Gasteiger partial charge in [-0.2, -0.15) is 0 Å². The van der Waals surface area contributed by atoms with Crippen molar-refractivity contribution < 1.29 is 14.3 Å². The standard InChI is InChI=1S/C14H23N3O3S/c1-9(2)6-10(15)13-16-11(8-21-13)14(18)17(3)7-12-19-4-5-20-12/h8-10,12H,4-7,15H2,1-3H3. The van der Waals surface area contributed by atoms with E-state index in [1.807, 2.05) is 0 Å². The summed E-state index contributed by atoms with van der Waals surface area (Å²) >= 11 is 1.44. The molecule has 1 saturated heterocycles. The summed E-state index contributed by atoms with van der Waals surface area (Å²) in [6.07, 6.45) is 0.529. The van der Waals surface area contributed by atoms with E-state index in [0.717, 1.165) is 11.4 Å². The molecule has 1 aromatic heterocycles. The third-order valence-electron chi connectivity index (χ3n) is 3.24. The van der Waals surface area contributed by atoms with E-state index in [2.05, 4.69) is 18.8 Å². The zero-order valence-electron chi connectivity index (χ0n) is 12.7. The number of ether oxygens (including phenoxy) is 2. The van der Waals surface area contributed by atoms with Crippen molar-refractivity contribution in [3.63, 3.8) is 0 Å². The van der Waals surface area contributed by atoms with Crippen LogP contribution in [0.3, 0.4) is 0 Å². The number of thiazole rings is 1. The SMILES string of the molecule is CC(C)CC(N)c1nc(C(=O)N(C)CC2OCCO2)cs1. The van der Waals surface area contributed by atoms with Gasteiger partial charge < -0.3 is 20.1 Å². The second kappa shape index (κ2) is 7.31. The fourth-order valence-corrected chi connectivity index (χ4v) is 2.99. The Balaban J connectivity index is 1.94. The number of likely N-dealkylation sites (N-methyl/N-ethyl adjacent to an activating group) is 1. The van der Waals surface area contributed by atoms with Gasteiger partial charge in [0.2, 0.25) is 0 Å². The molecule has 0 aromatic carbocycles. The first-order valence-electron chi connectivity index (χ1n) is 7.17. The van der Waals surface area contributed by atoms with Crippen molar-refractivity contribution in [3.8, 4) is 0 Å². The Morgan fingerprint density at radius 3 is 2.81 bits per heavy atom. The van der Waals surface area contributed by atoms with Gasteiger partial charge in [-0.1, -0.05) is 13.8 Å². The highest BCUT2D eigenvalue weighted by atomic mass is 32.1. The molecule has 1 aromatic rings. The van der Waals surface area contributed by atoms with Gasteiger partial charge in [0.1, 0.15) is 10.7 Å². The second-order valence-electron chi connectivity index (χ2n) is 5.66. The summed E-state index contributed by atoms with van der Waals surface area (Å²) in [5, 5.41) is 2.58. The molecule has 6 nitrogen and oxygen atoms in total. The van der Waals surface area contributed by atoms with Crippen LogP contribution < -0.4 is 5.73 Å². The molecule has 1 atom stereocenters. The molecule has 1 amide bonds. The molecule has 21 heavy (non-hydrogen) atoms. The Kier molecular flexibility index (Phi) is 5.69. The Bertz CT molecular complexity index is 472. The van der Waals surface area contributed by atoms with E-state index < -0.39 is 0 Å². The summed E-state index contributed by atoms with van der Waals surface area (Å²) in [6, 6.07) is -0.108. The van der Waals surface area contributed by atoms with E-state index in [1.54, 1.807) is 17.3 Å². The van der Waals surface area contributed by atoms with Crippen LogP contribution in [0.4, 0.5) is 0 Å². The number of carbonyl (C=O) groups is 1. The van der Waals surface area contributed by atoms with Gasteiger partial charge in [0.05, 0.1) is 25.8 Å². The number of nitrogens with zero attached hydrogens (tertiary/aromatic N) is 2. The minimum atomic E-state index is -0.333. The zero-order valence-corrected chi connectivity index (χ0v) is 13.6. The van der Waals surface area contributed by atoms with Crippen LogP contribution in [0.1, 0.15) is 41.8 Å². The van der Waals surface area contributed by atoms with Crippen LogP contribution in [0.5, 0.6) is 0 Å². The minimum absolute atomic E-state index is 0.108. The summed E-state index contributed by atoms with van der Waals surface area (Å²) in [7, 11) is 1.72. The van der Waals surface area contributed by atoms with Crippen LogP contribution in [0.2, 0.25) is 0 Å². The number of hydrogen-bond acceptors (Lipinski definition) is 6. The average Bonchev–Trinajstić information content (AvgIpc) is 3.07. The number of rotatable bonds is 6. The molecule has 118 valence electrons. The molecule has 2 N–H and O–H groups in total.